The summed E-state index contributed by atoms with van der Waals surface area (Å²) in [5.74, 6) is -1.49. The van der Waals surface area contributed by atoms with E-state index in [1.807, 2.05) is 41.5 Å². The number of carbonyl (C=O) groups excluding carboxylic acids is 1. The van der Waals surface area contributed by atoms with Crippen LogP contribution in [0.2, 0.25) is 0 Å². The first-order valence-electron chi connectivity index (χ1n) is 10.5. The van der Waals surface area contributed by atoms with Gasteiger partial charge in [0.25, 0.3) is 5.60 Å². The van der Waals surface area contributed by atoms with Crippen LogP contribution < -0.4 is 0 Å². The van der Waals surface area contributed by atoms with Crippen molar-refractivity contribution in [3.63, 3.8) is 0 Å². The van der Waals surface area contributed by atoms with Crippen molar-refractivity contribution in [3.05, 3.63) is 35.4 Å². The third-order valence-corrected chi connectivity index (χ3v) is 5.01. The number of hydrogen-bond acceptors (Lipinski definition) is 3. The molecular weight excluding hydrogens is 450 g/mol. The van der Waals surface area contributed by atoms with Crippen molar-refractivity contribution < 1.29 is 40.6 Å². The second kappa shape index (κ2) is 9.12. The van der Waals surface area contributed by atoms with E-state index in [4.69, 9.17) is 4.74 Å². The summed E-state index contributed by atoms with van der Waals surface area (Å²) in [5.41, 5.74) is -6.96. The van der Waals surface area contributed by atoms with Gasteiger partial charge in [0.05, 0.1) is 0 Å². The van der Waals surface area contributed by atoms with Crippen molar-refractivity contribution in [3.8, 4) is 0 Å². The Hall–Kier alpha value is -1.77. The van der Waals surface area contributed by atoms with Gasteiger partial charge in [-0.3, -0.25) is 0 Å². The maximum atomic E-state index is 14.0. The highest BCUT2D eigenvalue weighted by Crippen LogP contribution is 2.54. The Kier molecular flexibility index (Phi) is 8.08. The third kappa shape index (κ3) is 6.87. The van der Waals surface area contributed by atoms with Gasteiger partial charge in [-0.2, -0.15) is 26.3 Å². The summed E-state index contributed by atoms with van der Waals surface area (Å²) in [7, 11) is 0. The molecule has 190 valence electrons. The molecule has 0 N–H and O–H groups in total. The molecule has 33 heavy (non-hydrogen) atoms. The van der Waals surface area contributed by atoms with Gasteiger partial charge in [0, 0.05) is 5.56 Å². The van der Waals surface area contributed by atoms with Crippen molar-refractivity contribution in [2.75, 3.05) is 6.61 Å². The van der Waals surface area contributed by atoms with E-state index in [9.17, 15) is 31.1 Å². The molecule has 1 rings (SSSR count). The Morgan fingerprint density at radius 3 is 1.45 bits per heavy atom. The molecule has 0 fully saturated rings. The van der Waals surface area contributed by atoms with Crippen LogP contribution in [0.15, 0.2) is 24.3 Å². The molecule has 0 aliphatic rings. The second-order valence-corrected chi connectivity index (χ2v) is 11.3. The van der Waals surface area contributed by atoms with Crippen molar-refractivity contribution in [1.29, 1.82) is 0 Å². The first-order chi connectivity index (χ1) is 14.4. The number of hydrogen-bond donors (Lipinski definition) is 0. The molecule has 3 nitrogen and oxygen atoms in total. The first-order valence-corrected chi connectivity index (χ1v) is 10.5. The molecule has 0 unspecified atom stereocenters. The minimum absolute atomic E-state index is 0.159. The summed E-state index contributed by atoms with van der Waals surface area (Å²) in [6, 6.07) is 4.07. The molecule has 0 aromatic heterocycles. The van der Waals surface area contributed by atoms with Crippen LogP contribution in [0, 0.1) is 10.8 Å². The number of halogens is 6. The van der Waals surface area contributed by atoms with Gasteiger partial charge >= 0.3 is 18.3 Å². The van der Waals surface area contributed by atoms with Crippen LogP contribution in [0.4, 0.5) is 26.3 Å². The van der Waals surface area contributed by atoms with Crippen LogP contribution >= 0.6 is 0 Å². The average molecular weight is 485 g/mol. The SMILES string of the molecule is CC(C)(C)OC(=O)COC(c1ccc(C(C(C)(C)C)C(C)(C)C)cc1)(C(F)(F)F)C(F)(F)F. The summed E-state index contributed by atoms with van der Waals surface area (Å²) in [6.45, 7) is 14.5. The van der Waals surface area contributed by atoms with Crippen molar-refractivity contribution >= 4 is 5.97 Å². The lowest BCUT2D eigenvalue weighted by molar-refractivity contribution is -0.388. The van der Waals surface area contributed by atoms with Gasteiger partial charge in [0.1, 0.15) is 12.2 Å². The second-order valence-electron chi connectivity index (χ2n) is 11.3. The van der Waals surface area contributed by atoms with E-state index in [1.165, 1.54) is 32.9 Å². The number of carbonyl (C=O) groups is 1. The number of benzene rings is 1. The molecule has 0 spiro atoms. The van der Waals surface area contributed by atoms with Crippen molar-refractivity contribution in [2.24, 2.45) is 10.8 Å². The van der Waals surface area contributed by atoms with E-state index < -0.39 is 41.7 Å². The highest BCUT2D eigenvalue weighted by molar-refractivity contribution is 5.71. The van der Waals surface area contributed by atoms with E-state index in [2.05, 4.69) is 4.74 Å². The minimum atomic E-state index is -5.89. The Balaban J connectivity index is 3.56. The fraction of sp³-hybridized carbons (Fsp3) is 0.708. The topological polar surface area (TPSA) is 35.5 Å². The molecule has 0 aliphatic heterocycles. The normalized spacial score (nSPS) is 14.5. The number of ether oxygens (including phenoxy) is 2. The lowest BCUT2D eigenvalue weighted by Crippen LogP contribution is -2.56. The predicted octanol–water partition coefficient (Wildman–Crippen LogP) is 7.54. The zero-order valence-electron chi connectivity index (χ0n) is 20.6. The molecule has 1 aromatic rings. The molecule has 9 heteroatoms. The Labute approximate surface area is 191 Å². The maximum Gasteiger partial charge on any atom is 0.430 e. The van der Waals surface area contributed by atoms with Gasteiger partial charge in [-0.1, -0.05) is 65.8 Å². The first kappa shape index (κ1) is 29.3. The summed E-state index contributed by atoms with van der Waals surface area (Å²) in [4.78, 5) is 11.9. The van der Waals surface area contributed by atoms with E-state index in [0.29, 0.717) is 5.56 Å². The van der Waals surface area contributed by atoms with E-state index >= 15 is 0 Å². The van der Waals surface area contributed by atoms with E-state index in [1.54, 1.807) is 0 Å². The monoisotopic (exact) mass is 484 g/mol. The van der Waals surface area contributed by atoms with E-state index in [-0.39, 0.29) is 16.7 Å². The van der Waals surface area contributed by atoms with Gasteiger partial charge in [-0.05, 0) is 43.1 Å². The Morgan fingerprint density at radius 2 is 1.15 bits per heavy atom. The summed E-state index contributed by atoms with van der Waals surface area (Å²) in [5, 5.41) is 0. The molecule has 0 atom stereocenters. The number of esters is 1. The molecular formula is C24H34F6O3. The summed E-state index contributed by atoms with van der Waals surface area (Å²) >= 11 is 0. The number of alkyl halides is 6. The lowest BCUT2D eigenvalue weighted by Gasteiger charge is -2.42. The van der Waals surface area contributed by atoms with Gasteiger partial charge in [0.15, 0.2) is 0 Å². The predicted molar refractivity (Wildman–Crippen MR) is 114 cm³/mol. The smallest absolute Gasteiger partial charge is 0.430 e. The van der Waals surface area contributed by atoms with Crippen LogP contribution in [0.3, 0.4) is 0 Å². The summed E-state index contributed by atoms with van der Waals surface area (Å²) < 4.78 is 93.1. The standard InChI is InChI=1S/C24H34F6O3/c1-19(2,3)18(20(4,5)6)15-10-12-16(13-11-15)22(23(25,26)27,24(28,29)30)32-14-17(31)33-21(7,8)9/h10-13,18H,14H2,1-9H3. The van der Waals surface area contributed by atoms with Crippen LogP contribution in [0.1, 0.15) is 79.4 Å². The fourth-order valence-electron chi connectivity index (χ4n) is 4.48. The molecule has 0 saturated heterocycles. The van der Waals surface area contributed by atoms with Gasteiger partial charge < -0.3 is 9.47 Å². The summed E-state index contributed by atoms with van der Waals surface area (Å²) in [6.07, 6.45) is -11.8. The Morgan fingerprint density at radius 1 is 0.758 bits per heavy atom. The van der Waals surface area contributed by atoms with E-state index in [0.717, 1.165) is 12.1 Å². The van der Waals surface area contributed by atoms with Crippen molar-refractivity contribution in [1.82, 2.24) is 0 Å². The number of rotatable bonds is 5. The minimum Gasteiger partial charge on any atom is -0.458 e. The molecule has 0 heterocycles. The molecule has 0 amide bonds. The molecule has 0 saturated carbocycles. The third-order valence-electron chi connectivity index (χ3n) is 5.01. The Bertz CT molecular complexity index is 776. The van der Waals surface area contributed by atoms with Crippen LogP contribution in [-0.2, 0) is 19.9 Å². The fourth-order valence-corrected chi connectivity index (χ4v) is 4.48. The van der Waals surface area contributed by atoms with Crippen LogP contribution in [0.5, 0.6) is 0 Å². The van der Waals surface area contributed by atoms with Gasteiger partial charge in [-0.25, -0.2) is 4.79 Å². The molecule has 0 bridgehead atoms. The lowest BCUT2D eigenvalue weighted by atomic mass is 9.63. The average Bonchev–Trinajstić information content (AvgIpc) is 2.49. The van der Waals surface area contributed by atoms with Gasteiger partial charge in [-0.15, -0.1) is 0 Å². The highest BCUT2D eigenvalue weighted by atomic mass is 19.4. The van der Waals surface area contributed by atoms with Crippen molar-refractivity contribution in [2.45, 2.75) is 91.8 Å². The van der Waals surface area contributed by atoms with Crippen LogP contribution in [-0.4, -0.2) is 30.5 Å². The molecule has 1 aromatic carbocycles. The maximum absolute atomic E-state index is 14.0. The highest BCUT2D eigenvalue weighted by Gasteiger charge is 2.73. The van der Waals surface area contributed by atoms with Gasteiger partial charge in [0.2, 0.25) is 0 Å². The largest absolute Gasteiger partial charge is 0.458 e. The zero-order chi connectivity index (χ0) is 26.3. The molecule has 0 radical (unpaired) electrons. The molecule has 0 aliphatic carbocycles. The zero-order valence-corrected chi connectivity index (χ0v) is 20.6. The van der Waals surface area contributed by atoms with Crippen LogP contribution in [0.25, 0.3) is 0 Å². The quantitative estimate of drug-likeness (QED) is 0.320.